The van der Waals surface area contributed by atoms with E-state index in [1.165, 1.54) is 0 Å². The fraction of sp³-hybridized carbons (Fsp3) is 0.444. The first-order valence-electron chi connectivity index (χ1n) is 7.07. The van der Waals surface area contributed by atoms with E-state index in [4.69, 9.17) is 4.74 Å². The van der Waals surface area contributed by atoms with E-state index in [0.29, 0.717) is 19.4 Å². The predicted molar refractivity (Wildman–Crippen MR) is 84.4 cm³/mol. The van der Waals surface area contributed by atoms with Crippen LogP contribution in [0.5, 0.6) is 0 Å². The van der Waals surface area contributed by atoms with Crippen LogP contribution in [0.4, 0.5) is 0 Å². The molecule has 0 spiro atoms. The third-order valence-electron chi connectivity index (χ3n) is 3.75. The Bertz CT molecular complexity index is 409. The van der Waals surface area contributed by atoms with Crippen molar-refractivity contribution in [3.8, 4) is 0 Å². The maximum Gasteiger partial charge on any atom is 0.0721 e. The Labute approximate surface area is 122 Å². The third kappa shape index (κ3) is 4.62. The minimum absolute atomic E-state index is 0.0739. The summed E-state index contributed by atoms with van der Waals surface area (Å²) in [5.74, 6) is 0. The van der Waals surface area contributed by atoms with Gasteiger partial charge in [0.2, 0.25) is 0 Å². The van der Waals surface area contributed by atoms with Crippen molar-refractivity contribution in [2.75, 3.05) is 0 Å². The maximum atomic E-state index is 10.3. The van der Waals surface area contributed by atoms with Gasteiger partial charge in [0.15, 0.2) is 0 Å². The van der Waals surface area contributed by atoms with Crippen LogP contribution in [0.25, 0.3) is 0 Å². The molecule has 2 nitrogen and oxygen atoms in total. The molecule has 0 amide bonds. The predicted octanol–water partition coefficient (Wildman–Crippen LogP) is 4.11. The molecule has 0 saturated heterocycles. The average Bonchev–Trinajstić information content (AvgIpc) is 2.44. The Balaban J connectivity index is 2.72. The molecule has 0 unspecified atom stereocenters. The first-order chi connectivity index (χ1) is 9.52. The van der Waals surface area contributed by atoms with Gasteiger partial charge in [0.05, 0.1) is 18.8 Å². The van der Waals surface area contributed by atoms with Crippen molar-refractivity contribution in [1.29, 1.82) is 0 Å². The summed E-state index contributed by atoms with van der Waals surface area (Å²) in [4.78, 5) is 0. The van der Waals surface area contributed by atoms with E-state index in [1.54, 1.807) is 6.08 Å². The molecule has 0 aliphatic heterocycles. The van der Waals surface area contributed by atoms with Crippen LogP contribution in [-0.4, -0.2) is 17.3 Å². The molecule has 110 valence electrons. The molecule has 0 aromatic heterocycles. The van der Waals surface area contributed by atoms with Crippen molar-refractivity contribution in [3.05, 3.63) is 61.2 Å². The van der Waals surface area contributed by atoms with Gasteiger partial charge in [0.1, 0.15) is 0 Å². The molecular weight excluding hydrogens is 248 g/mol. The molecule has 20 heavy (non-hydrogen) atoms. The number of hydrogen-bond acceptors (Lipinski definition) is 2. The summed E-state index contributed by atoms with van der Waals surface area (Å²) < 4.78 is 6.04. The van der Waals surface area contributed by atoms with Gasteiger partial charge in [-0.15, -0.1) is 13.2 Å². The molecule has 0 bridgehead atoms. The molecule has 2 heteroatoms. The lowest BCUT2D eigenvalue weighted by Gasteiger charge is -2.37. The third-order valence-corrected chi connectivity index (χ3v) is 3.75. The highest BCUT2D eigenvalue weighted by atomic mass is 16.5. The number of hydrogen-bond donors (Lipinski definition) is 1. The smallest absolute Gasteiger partial charge is 0.0721 e. The zero-order chi connectivity index (χ0) is 15.0. The summed E-state index contributed by atoms with van der Waals surface area (Å²) in [7, 11) is 0. The van der Waals surface area contributed by atoms with Crippen molar-refractivity contribution in [1.82, 2.24) is 0 Å². The van der Waals surface area contributed by atoms with Gasteiger partial charge in [-0.05, 0) is 18.4 Å². The topological polar surface area (TPSA) is 29.5 Å². The molecule has 0 saturated carbocycles. The van der Waals surface area contributed by atoms with E-state index in [2.05, 4.69) is 13.2 Å². The number of benzene rings is 1. The van der Waals surface area contributed by atoms with Gasteiger partial charge in [-0.25, -0.2) is 0 Å². The van der Waals surface area contributed by atoms with E-state index in [-0.39, 0.29) is 11.5 Å². The van der Waals surface area contributed by atoms with E-state index < -0.39 is 6.10 Å². The van der Waals surface area contributed by atoms with Crippen LogP contribution in [-0.2, 0) is 11.3 Å². The molecule has 1 rings (SSSR count). The Hall–Kier alpha value is -1.38. The molecule has 0 aliphatic rings. The van der Waals surface area contributed by atoms with Crippen LogP contribution in [0.3, 0.4) is 0 Å². The monoisotopic (exact) mass is 274 g/mol. The maximum absolute atomic E-state index is 10.3. The van der Waals surface area contributed by atoms with E-state index in [9.17, 15) is 5.11 Å². The van der Waals surface area contributed by atoms with Gasteiger partial charge in [-0.1, -0.05) is 56.3 Å². The summed E-state index contributed by atoms with van der Waals surface area (Å²) in [5, 5.41) is 10.3. The van der Waals surface area contributed by atoms with Crippen molar-refractivity contribution >= 4 is 0 Å². The van der Waals surface area contributed by atoms with Crippen molar-refractivity contribution in [2.24, 2.45) is 5.41 Å². The first-order valence-corrected chi connectivity index (χ1v) is 7.07. The van der Waals surface area contributed by atoms with Crippen LogP contribution in [0.2, 0.25) is 0 Å². The van der Waals surface area contributed by atoms with Crippen LogP contribution in [0.15, 0.2) is 55.6 Å². The van der Waals surface area contributed by atoms with E-state index >= 15 is 0 Å². The SMILES string of the molecule is C=CC[C@H](O)C(C)(C)[C@@H](CC=C)OCc1ccccc1. The molecular formula is C18H26O2. The van der Waals surface area contributed by atoms with Gasteiger partial charge < -0.3 is 9.84 Å². The minimum Gasteiger partial charge on any atom is -0.392 e. The molecule has 0 radical (unpaired) electrons. The van der Waals surface area contributed by atoms with Gasteiger partial charge in [-0.2, -0.15) is 0 Å². The van der Waals surface area contributed by atoms with Crippen LogP contribution >= 0.6 is 0 Å². The number of aliphatic hydroxyl groups excluding tert-OH is 1. The lowest BCUT2D eigenvalue weighted by Crippen LogP contribution is -2.41. The summed E-state index contributed by atoms with van der Waals surface area (Å²) in [6.45, 7) is 12.1. The van der Waals surface area contributed by atoms with E-state index in [1.807, 2.05) is 50.3 Å². The molecule has 0 heterocycles. The Morgan fingerprint density at radius 3 is 2.30 bits per heavy atom. The summed E-state index contributed by atoms with van der Waals surface area (Å²) in [5.41, 5.74) is 0.785. The highest BCUT2D eigenvalue weighted by molar-refractivity contribution is 5.13. The number of aliphatic hydroxyl groups is 1. The quantitative estimate of drug-likeness (QED) is 0.687. The second-order valence-corrected chi connectivity index (χ2v) is 5.67. The van der Waals surface area contributed by atoms with E-state index in [0.717, 1.165) is 5.56 Å². The zero-order valence-corrected chi connectivity index (χ0v) is 12.6. The van der Waals surface area contributed by atoms with Gasteiger partial charge in [0, 0.05) is 5.41 Å². The largest absolute Gasteiger partial charge is 0.392 e. The summed E-state index contributed by atoms with van der Waals surface area (Å²) in [6, 6.07) is 10.1. The fourth-order valence-electron chi connectivity index (χ4n) is 2.19. The average molecular weight is 274 g/mol. The van der Waals surface area contributed by atoms with Crippen LogP contribution in [0.1, 0.15) is 32.3 Å². The summed E-state index contributed by atoms with van der Waals surface area (Å²) in [6.07, 6.45) is 4.33. The Kier molecular flexibility index (Phi) is 6.69. The second-order valence-electron chi connectivity index (χ2n) is 5.67. The second kappa shape index (κ2) is 8.03. The molecule has 2 atom stereocenters. The molecule has 0 aliphatic carbocycles. The molecule has 1 N–H and O–H groups in total. The van der Waals surface area contributed by atoms with Gasteiger partial charge >= 0.3 is 0 Å². The first kappa shape index (κ1) is 16.7. The van der Waals surface area contributed by atoms with Crippen molar-refractivity contribution in [3.63, 3.8) is 0 Å². The molecule has 0 fully saturated rings. The molecule has 1 aromatic rings. The van der Waals surface area contributed by atoms with Crippen LogP contribution < -0.4 is 0 Å². The Morgan fingerprint density at radius 1 is 1.15 bits per heavy atom. The Morgan fingerprint density at radius 2 is 1.75 bits per heavy atom. The number of rotatable bonds is 9. The minimum atomic E-state index is -0.472. The lowest BCUT2D eigenvalue weighted by molar-refractivity contribution is -0.0887. The normalized spacial score (nSPS) is 14.6. The standard InChI is InChI=1S/C18H26O2/c1-5-10-16(19)18(3,4)17(11-6-2)20-14-15-12-8-7-9-13-15/h5-9,12-13,16-17,19H,1-2,10-11,14H2,3-4H3/t16-,17+/m0/s1. The van der Waals surface area contributed by atoms with Gasteiger partial charge in [-0.3, -0.25) is 0 Å². The highest BCUT2D eigenvalue weighted by Crippen LogP contribution is 2.32. The van der Waals surface area contributed by atoms with Crippen molar-refractivity contribution in [2.45, 2.75) is 45.5 Å². The van der Waals surface area contributed by atoms with Crippen molar-refractivity contribution < 1.29 is 9.84 Å². The number of ether oxygens (including phenoxy) is 1. The highest BCUT2D eigenvalue weighted by Gasteiger charge is 2.35. The zero-order valence-electron chi connectivity index (χ0n) is 12.6. The van der Waals surface area contributed by atoms with Gasteiger partial charge in [0.25, 0.3) is 0 Å². The molecule has 1 aromatic carbocycles. The fourth-order valence-corrected chi connectivity index (χ4v) is 2.19. The lowest BCUT2D eigenvalue weighted by atomic mass is 9.78. The van der Waals surface area contributed by atoms with Crippen LogP contribution in [0, 0.1) is 5.41 Å². The summed E-state index contributed by atoms with van der Waals surface area (Å²) >= 11 is 0.